The summed E-state index contributed by atoms with van der Waals surface area (Å²) in [4.78, 5) is 16.9. The lowest BCUT2D eigenvalue weighted by Gasteiger charge is -2.10. The van der Waals surface area contributed by atoms with Crippen LogP contribution in [-0.4, -0.2) is 40.8 Å². The van der Waals surface area contributed by atoms with Crippen LogP contribution in [0.3, 0.4) is 0 Å². The highest BCUT2D eigenvalue weighted by Crippen LogP contribution is 2.25. The standard InChI is InChI=1S/C22H25N3O3/c1-15(17-5-3-2-4-6-17)9-19(26)10-18-11-21-20(12-23-18)22(25-24-21)28-14-16-7-8-27-13-16/h2-6,11-12,15-16H,7-10,13-14H2,1H3,(H,24,25)/t15-,16?/m0/s1. The molecule has 1 fully saturated rings. The molecule has 2 atom stereocenters. The van der Waals surface area contributed by atoms with Crippen molar-refractivity contribution >= 4 is 16.7 Å². The first kappa shape index (κ1) is 18.6. The summed E-state index contributed by atoms with van der Waals surface area (Å²) in [6, 6.07) is 12.0. The molecule has 0 saturated carbocycles. The fourth-order valence-electron chi connectivity index (χ4n) is 3.57. The number of hydrogen-bond acceptors (Lipinski definition) is 5. The Morgan fingerprint density at radius 1 is 1.36 bits per heavy atom. The number of carbonyl (C=O) groups excluding carboxylic acids is 1. The Bertz CT molecular complexity index is 933. The Labute approximate surface area is 164 Å². The molecule has 0 amide bonds. The minimum atomic E-state index is 0.181. The van der Waals surface area contributed by atoms with Crippen LogP contribution in [0.25, 0.3) is 10.9 Å². The van der Waals surface area contributed by atoms with E-state index in [4.69, 9.17) is 9.47 Å². The first-order valence-corrected chi connectivity index (χ1v) is 9.79. The number of H-pyrrole nitrogens is 1. The van der Waals surface area contributed by atoms with Gasteiger partial charge < -0.3 is 9.47 Å². The summed E-state index contributed by atoms with van der Waals surface area (Å²) in [5, 5.41) is 8.08. The van der Waals surface area contributed by atoms with Crippen molar-refractivity contribution in [3.8, 4) is 5.88 Å². The zero-order valence-corrected chi connectivity index (χ0v) is 16.1. The van der Waals surface area contributed by atoms with E-state index in [1.807, 2.05) is 24.3 Å². The number of aromatic amines is 1. The van der Waals surface area contributed by atoms with Gasteiger partial charge in [-0.15, -0.1) is 5.10 Å². The molecule has 146 valence electrons. The number of carbonyl (C=O) groups is 1. The van der Waals surface area contributed by atoms with Gasteiger partial charge in [-0.25, -0.2) is 0 Å². The molecule has 2 aromatic heterocycles. The van der Waals surface area contributed by atoms with Crippen LogP contribution in [0.15, 0.2) is 42.6 Å². The van der Waals surface area contributed by atoms with Crippen LogP contribution in [0.5, 0.6) is 5.88 Å². The molecule has 1 aromatic carbocycles. The summed E-state index contributed by atoms with van der Waals surface area (Å²) in [6.45, 7) is 4.22. The third-order valence-corrected chi connectivity index (χ3v) is 5.23. The monoisotopic (exact) mass is 379 g/mol. The summed E-state index contributed by atoms with van der Waals surface area (Å²) in [5.41, 5.74) is 2.77. The van der Waals surface area contributed by atoms with Gasteiger partial charge in [-0.2, -0.15) is 0 Å². The molecule has 1 aliphatic heterocycles. The molecule has 1 saturated heterocycles. The average molecular weight is 379 g/mol. The lowest BCUT2D eigenvalue weighted by Crippen LogP contribution is -2.11. The number of hydrogen-bond donors (Lipinski definition) is 1. The van der Waals surface area contributed by atoms with E-state index in [-0.39, 0.29) is 11.7 Å². The van der Waals surface area contributed by atoms with Crippen LogP contribution in [0.1, 0.15) is 36.9 Å². The number of nitrogens with one attached hydrogen (secondary N) is 1. The van der Waals surface area contributed by atoms with Gasteiger partial charge in [0, 0.05) is 37.3 Å². The molecule has 1 unspecified atom stereocenters. The highest BCUT2D eigenvalue weighted by atomic mass is 16.5. The molecular formula is C22H25N3O3. The number of benzene rings is 1. The molecular weight excluding hydrogens is 354 g/mol. The van der Waals surface area contributed by atoms with E-state index in [9.17, 15) is 4.79 Å². The first-order chi connectivity index (χ1) is 13.7. The van der Waals surface area contributed by atoms with Gasteiger partial charge in [0.15, 0.2) is 0 Å². The van der Waals surface area contributed by atoms with Crippen molar-refractivity contribution in [3.63, 3.8) is 0 Å². The van der Waals surface area contributed by atoms with Crippen LogP contribution in [-0.2, 0) is 16.0 Å². The zero-order chi connectivity index (χ0) is 19.3. The molecule has 0 bridgehead atoms. The predicted octanol–water partition coefficient (Wildman–Crippen LogP) is 3.68. The van der Waals surface area contributed by atoms with Crippen molar-refractivity contribution in [1.29, 1.82) is 0 Å². The minimum absolute atomic E-state index is 0.181. The van der Waals surface area contributed by atoms with Crippen molar-refractivity contribution in [2.75, 3.05) is 19.8 Å². The Morgan fingerprint density at radius 3 is 3.00 bits per heavy atom. The number of ether oxygens (including phenoxy) is 2. The topological polar surface area (TPSA) is 77.1 Å². The smallest absolute Gasteiger partial charge is 0.242 e. The number of Topliss-reactive ketones (excluding diaryl/α,β-unsaturated/α-hetero) is 1. The summed E-state index contributed by atoms with van der Waals surface area (Å²) in [6.07, 6.45) is 3.59. The van der Waals surface area contributed by atoms with E-state index in [1.54, 1.807) is 6.20 Å². The van der Waals surface area contributed by atoms with Gasteiger partial charge in [-0.3, -0.25) is 14.9 Å². The Balaban J connectivity index is 1.37. The van der Waals surface area contributed by atoms with E-state index in [2.05, 4.69) is 34.2 Å². The molecule has 6 heteroatoms. The fourth-order valence-corrected chi connectivity index (χ4v) is 3.57. The first-order valence-electron chi connectivity index (χ1n) is 9.79. The normalized spacial score (nSPS) is 17.7. The summed E-state index contributed by atoms with van der Waals surface area (Å²) in [7, 11) is 0. The van der Waals surface area contributed by atoms with E-state index in [1.165, 1.54) is 5.56 Å². The van der Waals surface area contributed by atoms with Crippen molar-refractivity contribution in [2.45, 2.75) is 32.1 Å². The minimum Gasteiger partial charge on any atom is -0.476 e. The van der Waals surface area contributed by atoms with Gasteiger partial charge in [0.2, 0.25) is 5.88 Å². The number of nitrogens with zero attached hydrogens (tertiary/aromatic N) is 2. The van der Waals surface area contributed by atoms with Gasteiger partial charge in [-0.05, 0) is 24.0 Å². The van der Waals surface area contributed by atoms with Gasteiger partial charge in [0.05, 0.1) is 24.1 Å². The highest BCUT2D eigenvalue weighted by Gasteiger charge is 2.18. The average Bonchev–Trinajstić information content (AvgIpc) is 3.36. The van der Waals surface area contributed by atoms with Gasteiger partial charge >= 0.3 is 0 Å². The second-order valence-electron chi connectivity index (χ2n) is 7.52. The molecule has 0 aliphatic carbocycles. The maximum atomic E-state index is 12.5. The van der Waals surface area contributed by atoms with Crippen molar-refractivity contribution < 1.29 is 14.3 Å². The lowest BCUT2D eigenvalue weighted by atomic mass is 9.94. The van der Waals surface area contributed by atoms with E-state index < -0.39 is 0 Å². The van der Waals surface area contributed by atoms with Crippen LogP contribution in [0.2, 0.25) is 0 Å². The van der Waals surface area contributed by atoms with Crippen LogP contribution in [0, 0.1) is 5.92 Å². The molecule has 1 N–H and O–H groups in total. The number of rotatable bonds is 8. The number of ketones is 1. The van der Waals surface area contributed by atoms with Crippen LogP contribution < -0.4 is 4.74 Å². The number of fused-ring (bicyclic) bond motifs is 1. The Hall–Kier alpha value is -2.73. The van der Waals surface area contributed by atoms with Crippen molar-refractivity contribution in [2.24, 2.45) is 5.92 Å². The largest absolute Gasteiger partial charge is 0.476 e. The molecule has 3 aromatic rings. The second-order valence-corrected chi connectivity index (χ2v) is 7.52. The third-order valence-electron chi connectivity index (χ3n) is 5.23. The van der Waals surface area contributed by atoms with Crippen LogP contribution >= 0.6 is 0 Å². The molecule has 0 spiro atoms. The Morgan fingerprint density at radius 2 is 2.21 bits per heavy atom. The second kappa shape index (κ2) is 8.52. The molecule has 4 rings (SSSR count). The molecule has 3 heterocycles. The van der Waals surface area contributed by atoms with Gasteiger partial charge in [-0.1, -0.05) is 37.3 Å². The SMILES string of the molecule is C[C@@H](CC(=O)Cc1cc2[nH]nc(OCC3CCOC3)c2cn1)c1ccccc1. The van der Waals surface area contributed by atoms with E-state index >= 15 is 0 Å². The Kier molecular flexibility index (Phi) is 5.67. The van der Waals surface area contributed by atoms with Crippen molar-refractivity contribution in [3.05, 3.63) is 53.9 Å². The molecule has 6 nitrogen and oxygen atoms in total. The molecule has 28 heavy (non-hydrogen) atoms. The third kappa shape index (κ3) is 4.39. The molecule has 1 aliphatic rings. The number of pyridine rings is 1. The molecule has 0 radical (unpaired) electrons. The maximum Gasteiger partial charge on any atom is 0.242 e. The zero-order valence-electron chi connectivity index (χ0n) is 16.1. The van der Waals surface area contributed by atoms with E-state index in [0.29, 0.717) is 31.2 Å². The lowest BCUT2D eigenvalue weighted by molar-refractivity contribution is -0.118. The predicted molar refractivity (Wildman–Crippen MR) is 106 cm³/mol. The number of aromatic nitrogens is 3. The van der Waals surface area contributed by atoms with Crippen LogP contribution in [0.4, 0.5) is 0 Å². The van der Waals surface area contributed by atoms with Gasteiger partial charge in [0.25, 0.3) is 0 Å². The summed E-state index contributed by atoms with van der Waals surface area (Å²) in [5.74, 6) is 1.36. The fraction of sp³-hybridized carbons (Fsp3) is 0.409. The summed E-state index contributed by atoms with van der Waals surface area (Å²) < 4.78 is 11.2. The maximum absolute atomic E-state index is 12.5. The van der Waals surface area contributed by atoms with Gasteiger partial charge in [0.1, 0.15) is 5.78 Å². The van der Waals surface area contributed by atoms with Crippen molar-refractivity contribution in [1.82, 2.24) is 15.2 Å². The van der Waals surface area contributed by atoms with E-state index in [0.717, 1.165) is 36.2 Å². The highest BCUT2D eigenvalue weighted by molar-refractivity contribution is 5.85. The quantitative estimate of drug-likeness (QED) is 0.646. The summed E-state index contributed by atoms with van der Waals surface area (Å²) >= 11 is 0.